The molecule has 0 amide bonds. The molecule has 2 nitrogen and oxygen atoms in total. The van der Waals surface area contributed by atoms with Gasteiger partial charge in [0.05, 0.1) is 0 Å². The number of hydrogen-bond acceptors (Lipinski definition) is 2. The van der Waals surface area contributed by atoms with Gasteiger partial charge in [-0.05, 0) is 116 Å². The lowest BCUT2D eigenvalue weighted by Gasteiger charge is -2.18. The zero-order chi connectivity index (χ0) is 31.3. The van der Waals surface area contributed by atoms with Gasteiger partial charge < -0.3 is 8.83 Å². The van der Waals surface area contributed by atoms with Gasteiger partial charge in [0.15, 0.2) is 0 Å². The molecule has 0 atom stereocenters. The SMILES string of the molecule is C1=Cc2cc3c(cc2CC1)oc1ccc(-c2c4ccccc4c(-c4ccc5oc6c7ccccc7ccc6c5c4)c4ccccc24)cc13. The Morgan fingerprint density at radius 2 is 1.00 bits per heavy atom. The molecule has 1 aliphatic carbocycles. The largest absolute Gasteiger partial charge is 0.456 e. The minimum atomic E-state index is 0.910. The van der Waals surface area contributed by atoms with E-state index in [-0.39, 0.29) is 0 Å². The monoisotopic (exact) mass is 612 g/mol. The maximum absolute atomic E-state index is 6.49. The van der Waals surface area contributed by atoms with Gasteiger partial charge in [-0.15, -0.1) is 0 Å². The summed E-state index contributed by atoms with van der Waals surface area (Å²) in [6.45, 7) is 0. The lowest BCUT2D eigenvalue weighted by atomic mass is 9.85. The van der Waals surface area contributed by atoms with Crippen molar-refractivity contribution in [1.29, 1.82) is 0 Å². The molecule has 0 radical (unpaired) electrons. The number of fused-ring (bicyclic) bond motifs is 11. The number of rotatable bonds is 2. The number of aryl methyl sites for hydroxylation is 1. The molecular weight excluding hydrogens is 585 g/mol. The molecule has 48 heavy (non-hydrogen) atoms. The predicted octanol–water partition coefficient (Wildman–Crippen LogP) is 13.2. The van der Waals surface area contributed by atoms with Gasteiger partial charge in [-0.3, -0.25) is 0 Å². The van der Waals surface area contributed by atoms with E-state index in [0.717, 1.165) is 56.7 Å². The highest BCUT2D eigenvalue weighted by Gasteiger charge is 2.20. The van der Waals surface area contributed by atoms with Crippen molar-refractivity contribution in [2.75, 3.05) is 0 Å². The molecule has 0 spiro atoms. The second-order valence-corrected chi connectivity index (χ2v) is 13.1. The smallest absolute Gasteiger partial charge is 0.143 e. The molecule has 2 aromatic heterocycles. The van der Waals surface area contributed by atoms with E-state index in [4.69, 9.17) is 8.83 Å². The first-order valence-corrected chi connectivity index (χ1v) is 16.7. The molecule has 224 valence electrons. The molecule has 2 heteroatoms. The molecule has 0 aliphatic heterocycles. The summed E-state index contributed by atoms with van der Waals surface area (Å²) < 4.78 is 12.9. The molecule has 2 heterocycles. The Hall–Kier alpha value is -6.12. The third kappa shape index (κ3) is 3.63. The summed E-state index contributed by atoms with van der Waals surface area (Å²) in [7, 11) is 0. The summed E-state index contributed by atoms with van der Waals surface area (Å²) in [5.74, 6) is 0. The Balaban J connectivity index is 1.17. The maximum atomic E-state index is 6.49. The Bertz CT molecular complexity index is 2950. The lowest BCUT2D eigenvalue weighted by Crippen LogP contribution is -1.93. The van der Waals surface area contributed by atoms with Crippen LogP contribution < -0.4 is 0 Å². The van der Waals surface area contributed by atoms with Gasteiger partial charge in [0.1, 0.15) is 22.3 Å². The summed E-state index contributed by atoms with van der Waals surface area (Å²) in [4.78, 5) is 0. The molecule has 0 fully saturated rings. The molecule has 10 aromatic rings. The van der Waals surface area contributed by atoms with E-state index >= 15 is 0 Å². The van der Waals surface area contributed by atoms with Crippen LogP contribution in [0.1, 0.15) is 17.5 Å². The van der Waals surface area contributed by atoms with Crippen LogP contribution >= 0.6 is 0 Å². The summed E-state index contributed by atoms with van der Waals surface area (Å²) in [6, 6.07) is 48.5. The van der Waals surface area contributed by atoms with E-state index in [1.54, 1.807) is 0 Å². The highest BCUT2D eigenvalue weighted by molar-refractivity contribution is 6.23. The first-order chi connectivity index (χ1) is 23.8. The normalized spacial score (nSPS) is 13.2. The van der Waals surface area contributed by atoms with Crippen LogP contribution in [0.3, 0.4) is 0 Å². The van der Waals surface area contributed by atoms with Crippen molar-refractivity contribution in [3.8, 4) is 22.3 Å². The average molecular weight is 613 g/mol. The lowest BCUT2D eigenvalue weighted by molar-refractivity contribution is 0.668. The molecule has 0 unspecified atom stereocenters. The van der Waals surface area contributed by atoms with Gasteiger partial charge in [-0.2, -0.15) is 0 Å². The van der Waals surface area contributed by atoms with Gasteiger partial charge in [-0.25, -0.2) is 0 Å². The Morgan fingerprint density at radius 3 is 1.69 bits per heavy atom. The van der Waals surface area contributed by atoms with Crippen LogP contribution in [0.4, 0.5) is 0 Å². The minimum absolute atomic E-state index is 0.910. The van der Waals surface area contributed by atoms with Crippen LogP contribution in [0.15, 0.2) is 148 Å². The van der Waals surface area contributed by atoms with Gasteiger partial charge in [0.2, 0.25) is 0 Å². The van der Waals surface area contributed by atoms with Crippen LogP contribution in [0.2, 0.25) is 0 Å². The molecule has 1 aliphatic rings. The highest BCUT2D eigenvalue weighted by Crippen LogP contribution is 2.46. The Labute approximate surface area is 276 Å². The Kier molecular flexibility index (Phi) is 5.25. The van der Waals surface area contributed by atoms with Gasteiger partial charge >= 0.3 is 0 Å². The van der Waals surface area contributed by atoms with Crippen LogP contribution in [-0.4, -0.2) is 0 Å². The molecule has 0 N–H and O–H groups in total. The fraction of sp³-hybridized carbons (Fsp3) is 0.0435. The maximum Gasteiger partial charge on any atom is 0.143 e. The summed E-state index contributed by atoms with van der Waals surface area (Å²) in [5, 5.41) is 11.9. The van der Waals surface area contributed by atoms with Gasteiger partial charge in [0, 0.05) is 26.9 Å². The average Bonchev–Trinajstić information content (AvgIpc) is 3.70. The molecule has 0 bridgehead atoms. The third-order valence-corrected chi connectivity index (χ3v) is 10.5. The molecular formula is C46H28O2. The first-order valence-electron chi connectivity index (χ1n) is 16.7. The highest BCUT2D eigenvalue weighted by atomic mass is 16.3. The van der Waals surface area contributed by atoms with E-state index in [1.165, 1.54) is 65.7 Å². The quantitative estimate of drug-likeness (QED) is 0.182. The third-order valence-electron chi connectivity index (χ3n) is 10.5. The number of benzene rings is 8. The van der Waals surface area contributed by atoms with Crippen molar-refractivity contribution >= 4 is 82.3 Å². The number of allylic oxidation sites excluding steroid dienone is 1. The van der Waals surface area contributed by atoms with E-state index in [2.05, 4.69) is 146 Å². The second kappa shape index (κ2) is 9.70. The fourth-order valence-corrected chi connectivity index (χ4v) is 8.27. The topological polar surface area (TPSA) is 26.3 Å². The van der Waals surface area contributed by atoms with Gasteiger partial charge in [-0.1, -0.05) is 103 Å². The standard InChI is InChI=1S/C46H28O2/c1-2-11-29-26-43-40(23-28(29)10-1)39-25-31(18-21-41(39)47-43)45-35-15-7-5-13-33(35)44(34-14-6-8-16-36(34)45)30-19-22-42-38(24-30)37-20-17-27-9-3-4-12-32(27)46(37)48-42/h1,3-10,12-26H,2,11H2. The number of furan rings is 2. The molecule has 8 aromatic carbocycles. The van der Waals surface area contributed by atoms with Crippen LogP contribution in [-0.2, 0) is 6.42 Å². The zero-order valence-electron chi connectivity index (χ0n) is 26.1. The molecule has 0 saturated heterocycles. The first kappa shape index (κ1) is 26.0. The van der Waals surface area contributed by atoms with Crippen molar-refractivity contribution in [3.05, 3.63) is 151 Å². The van der Waals surface area contributed by atoms with Crippen molar-refractivity contribution < 1.29 is 8.83 Å². The van der Waals surface area contributed by atoms with Crippen molar-refractivity contribution in [2.24, 2.45) is 0 Å². The van der Waals surface area contributed by atoms with Crippen molar-refractivity contribution in [1.82, 2.24) is 0 Å². The fourth-order valence-electron chi connectivity index (χ4n) is 8.27. The van der Waals surface area contributed by atoms with E-state index in [1.807, 2.05) is 0 Å². The zero-order valence-corrected chi connectivity index (χ0v) is 26.1. The summed E-state index contributed by atoms with van der Waals surface area (Å²) in [5.41, 5.74) is 11.3. The van der Waals surface area contributed by atoms with Crippen molar-refractivity contribution in [3.63, 3.8) is 0 Å². The van der Waals surface area contributed by atoms with Crippen molar-refractivity contribution in [2.45, 2.75) is 12.8 Å². The summed E-state index contributed by atoms with van der Waals surface area (Å²) >= 11 is 0. The molecule has 0 saturated carbocycles. The van der Waals surface area contributed by atoms with E-state index < -0.39 is 0 Å². The summed E-state index contributed by atoms with van der Waals surface area (Å²) in [6.07, 6.45) is 6.68. The van der Waals surface area contributed by atoms with Crippen LogP contribution in [0, 0.1) is 0 Å². The minimum Gasteiger partial charge on any atom is -0.456 e. The van der Waals surface area contributed by atoms with Gasteiger partial charge in [0.25, 0.3) is 0 Å². The Morgan fingerprint density at radius 1 is 0.417 bits per heavy atom. The number of hydrogen-bond donors (Lipinski definition) is 0. The second-order valence-electron chi connectivity index (χ2n) is 13.1. The van der Waals surface area contributed by atoms with Crippen LogP contribution in [0.25, 0.3) is 105 Å². The van der Waals surface area contributed by atoms with E-state index in [0.29, 0.717) is 0 Å². The molecule has 11 rings (SSSR count). The predicted molar refractivity (Wildman–Crippen MR) is 202 cm³/mol. The van der Waals surface area contributed by atoms with E-state index in [9.17, 15) is 0 Å². The van der Waals surface area contributed by atoms with Crippen LogP contribution in [0.5, 0.6) is 0 Å².